The summed E-state index contributed by atoms with van der Waals surface area (Å²) in [5.41, 5.74) is 1.16. The molecule has 0 radical (unpaired) electrons. The number of alkyl halides is 2. The van der Waals surface area contributed by atoms with Gasteiger partial charge in [0.05, 0.1) is 0 Å². The summed E-state index contributed by atoms with van der Waals surface area (Å²) in [6.45, 7) is -3.39. The second kappa shape index (κ2) is 9.67. The van der Waals surface area contributed by atoms with Crippen molar-refractivity contribution >= 4 is 39.6 Å². The van der Waals surface area contributed by atoms with E-state index in [4.69, 9.17) is 4.74 Å². The van der Waals surface area contributed by atoms with Gasteiger partial charge in [0.1, 0.15) is 5.75 Å². The maximum atomic E-state index is 12.0. The van der Waals surface area contributed by atoms with Crippen molar-refractivity contribution in [2.45, 2.75) is 6.61 Å². The normalized spacial score (nSPS) is 10.8. The van der Waals surface area contributed by atoms with Gasteiger partial charge in [-0.05, 0) is 48.0 Å². The third-order valence-electron chi connectivity index (χ3n) is 2.97. The van der Waals surface area contributed by atoms with E-state index in [0.29, 0.717) is 5.69 Å². The number of carbonyl (C=O) groups excluding carboxylic acids is 2. The Hall–Kier alpha value is -2.74. The Morgan fingerprint density at radius 1 is 1.15 bits per heavy atom. The molecular formula is C18H14BrF2NO4. The van der Waals surface area contributed by atoms with Crippen LogP contribution in [0, 0.1) is 0 Å². The Bertz CT molecular complexity index is 794. The molecule has 0 heterocycles. The van der Waals surface area contributed by atoms with Gasteiger partial charge in [-0.3, -0.25) is 4.79 Å². The maximum absolute atomic E-state index is 12.0. The molecule has 0 aliphatic rings. The lowest BCUT2D eigenvalue weighted by molar-refractivity contribution is -0.142. The van der Waals surface area contributed by atoms with E-state index in [0.717, 1.165) is 10.0 Å². The second-order valence-corrected chi connectivity index (χ2v) is 5.86. The predicted molar refractivity (Wildman–Crippen MR) is 95.8 cm³/mol. The molecule has 136 valence electrons. The van der Waals surface area contributed by atoms with Crippen LogP contribution in [0.15, 0.2) is 59.1 Å². The van der Waals surface area contributed by atoms with Gasteiger partial charge in [-0.25, -0.2) is 4.79 Å². The number of rotatable bonds is 7. The molecule has 1 amide bonds. The molecule has 0 atom stereocenters. The van der Waals surface area contributed by atoms with Crippen molar-refractivity contribution in [3.8, 4) is 5.75 Å². The van der Waals surface area contributed by atoms with Gasteiger partial charge >= 0.3 is 12.6 Å². The average molecular weight is 426 g/mol. The third kappa shape index (κ3) is 7.02. The summed E-state index contributed by atoms with van der Waals surface area (Å²) >= 11 is 3.32. The van der Waals surface area contributed by atoms with E-state index < -0.39 is 25.1 Å². The Morgan fingerprint density at radius 2 is 1.88 bits per heavy atom. The lowest BCUT2D eigenvalue weighted by atomic mass is 10.2. The minimum Gasteiger partial charge on any atom is -0.452 e. The highest BCUT2D eigenvalue weighted by Crippen LogP contribution is 2.17. The first kappa shape index (κ1) is 19.6. The van der Waals surface area contributed by atoms with Crippen LogP contribution in [-0.2, 0) is 14.3 Å². The molecule has 0 aromatic heterocycles. The number of benzene rings is 2. The van der Waals surface area contributed by atoms with E-state index >= 15 is 0 Å². The average Bonchev–Trinajstić information content (AvgIpc) is 2.59. The Kier molecular flexibility index (Phi) is 7.28. The number of anilines is 1. The molecule has 0 aliphatic carbocycles. The molecule has 2 aromatic carbocycles. The Balaban J connectivity index is 1.78. The van der Waals surface area contributed by atoms with Gasteiger partial charge in [-0.15, -0.1) is 0 Å². The number of halogens is 3. The Morgan fingerprint density at radius 3 is 2.54 bits per heavy atom. The molecule has 0 aliphatic heterocycles. The zero-order valence-electron chi connectivity index (χ0n) is 13.3. The van der Waals surface area contributed by atoms with E-state index in [1.807, 2.05) is 24.3 Å². The number of amides is 1. The molecular weight excluding hydrogens is 412 g/mol. The summed E-state index contributed by atoms with van der Waals surface area (Å²) < 4.78 is 34.0. The third-order valence-corrected chi connectivity index (χ3v) is 3.46. The van der Waals surface area contributed by atoms with E-state index in [-0.39, 0.29) is 5.75 Å². The van der Waals surface area contributed by atoms with Crippen LogP contribution < -0.4 is 10.1 Å². The first-order valence-electron chi connectivity index (χ1n) is 7.37. The van der Waals surface area contributed by atoms with Gasteiger partial charge in [0.25, 0.3) is 5.91 Å². The van der Waals surface area contributed by atoms with Gasteiger partial charge in [0.2, 0.25) is 0 Å². The maximum Gasteiger partial charge on any atom is 0.387 e. The van der Waals surface area contributed by atoms with Crippen LogP contribution in [0.3, 0.4) is 0 Å². The number of ether oxygens (including phenoxy) is 2. The number of esters is 1. The predicted octanol–water partition coefficient (Wildman–Crippen LogP) is 4.25. The van der Waals surface area contributed by atoms with Gasteiger partial charge in [-0.1, -0.05) is 28.1 Å². The van der Waals surface area contributed by atoms with Crippen LogP contribution >= 0.6 is 15.9 Å². The quantitative estimate of drug-likeness (QED) is 0.532. The highest BCUT2D eigenvalue weighted by atomic mass is 79.9. The van der Waals surface area contributed by atoms with Gasteiger partial charge in [-0.2, -0.15) is 8.78 Å². The molecule has 0 fully saturated rings. The molecule has 0 bridgehead atoms. The second-order valence-electron chi connectivity index (χ2n) is 4.95. The van der Waals surface area contributed by atoms with Crippen molar-refractivity contribution in [2.24, 2.45) is 0 Å². The molecule has 5 nitrogen and oxygen atoms in total. The monoisotopic (exact) mass is 425 g/mol. The fraction of sp³-hybridized carbons (Fsp3) is 0.111. The fourth-order valence-corrected chi connectivity index (χ4v) is 2.29. The van der Waals surface area contributed by atoms with Crippen LogP contribution in [0.1, 0.15) is 5.56 Å². The highest BCUT2D eigenvalue weighted by molar-refractivity contribution is 9.10. The van der Waals surface area contributed by atoms with Crippen LogP contribution in [0.4, 0.5) is 14.5 Å². The molecule has 0 unspecified atom stereocenters. The number of carbonyl (C=O) groups is 2. The zero-order valence-corrected chi connectivity index (χ0v) is 14.9. The fourth-order valence-electron chi connectivity index (χ4n) is 1.88. The number of nitrogens with one attached hydrogen (secondary N) is 1. The first-order valence-corrected chi connectivity index (χ1v) is 8.17. The first-order chi connectivity index (χ1) is 12.4. The topological polar surface area (TPSA) is 64.6 Å². The largest absolute Gasteiger partial charge is 0.452 e. The summed E-state index contributed by atoms with van der Waals surface area (Å²) in [6, 6.07) is 12.7. The van der Waals surface area contributed by atoms with Crippen molar-refractivity contribution in [3.63, 3.8) is 0 Å². The van der Waals surface area contributed by atoms with Crippen molar-refractivity contribution in [1.82, 2.24) is 0 Å². The zero-order chi connectivity index (χ0) is 18.9. The van der Waals surface area contributed by atoms with Gasteiger partial charge < -0.3 is 14.8 Å². The Labute approximate surface area is 156 Å². The van der Waals surface area contributed by atoms with Crippen molar-refractivity contribution in [2.75, 3.05) is 11.9 Å². The summed E-state index contributed by atoms with van der Waals surface area (Å²) in [4.78, 5) is 23.3. The minimum absolute atomic E-state index is 0.0258. The molecule has 0 saturated carbocycles. The standard InChI is InChI=1S/C18H14BrF2NO4/c19-13-3-1-2-12(10-13)4-9-17(24)25-11-16(23)22-14-5-7-15(8-6-14)26-18(20)21/h1-10,18H,11H2,(H,22,23)/b9-4+. The van der Waals surface area contributed by atoms with Crippen LogP contribution in [0.2, 0.25) is 0 Å². The summed E-state index contributed by atoms with van der Waals surface area (Å²) in [6.07, 6.45) is 2.78. The SMILES string of the molecule is O=C(COC(=O)/C=C/c1cccc(Br)c1)Nc1ccc(OC(F)F)cc1. The van der Waals surface area contributed by atoms with Crippen LogP contribution in [0.5, 0.6) is 5.75 Å². The van der Waals surface area contributed by atoms with Crippen molar-refractivity contribution in [1.29, 1.82) is 0 Å². The highest BCUT2D eigenvalue weighted by Gasteiger charge is 2.07. The van der Waals surface area contributed by atoms with E-state index in [9.17, 15) is 18.4 Å². The molecule has 2 aromatic rings. The molecule has 0 spiro atoms. The van der Waals surface area contributed by atoms with E-state index in [1.165, 1.54) is 30.3 Å². The number of hydrogen-bond donors (Lipinski definition) is 1. The van der Waals surface area contributed by atoms with E-state index in [1.54, 1.807) is 6.08 Å². The summed E-state index contributed by atoms with van der Waals surface area (Å²) in [5, 5.41) is 2.47. The van der Waals surface area contributed by atoms with Crippen molar-refractivity contribution in [3.05, 3.63) is 64.6 Å². The van der Waals surface area contributed by atoms with Crippen LogP contribution in [-0.4, -0.2) is 25.1 Å². The molecule has 26 heavy (non-hydrogen) atoms. The minimum atomic E-state index is -2.92. The lowest BCUT2D eigenvalue weighted by Crippen LogP contribution is -2.20. The van der Waals surface area contributed by atoms with E-state index in [2.05, 4.69) is 26.0 Å². The van der Waals surface area contributed by atoms with Gasteiger partial charge in [0, 0.05) is 16.2 Å². The summed E-state index contributed by atoms with van der Waals surface area (Å²) in [7, 11) is 0. The smallest absolute Gasteiger partial charge is 0.387 e. The van der Waals surface area contributed by atoms with Crippen molar-refractivity contribution < 1.29 is 27.8 Å². The summed E-state index contributed by atoms with van der Waals surface area (Å²) in [5.74, 6) is -1.25. The molecule has 1 N–H and O–H groups in total. The number of hydrogen-bond acceptors (Lipinski definition) is 4. The van der Waals surface area contributed by atoms with Crippen LogP contribution in [0.25, 0.3) is 6.08 Å². The molecule has 2 rings (SSSR count). The molecule has 0 saturated heterocycles. The lowest BCUT2D eigenvalue weighted by Gasteiger charge is -2.07. The molecule has 8 heteroatoms. The van der Waals surface area contributed by atoms with Gasteiger partial charge in [0.15, 0.2) is 6.61 Å².